The molecule has 0 atom stereocenters. The zero-order chi connectivity index (χ0) is 10.7. The van der Waals surface area contributed by atoms with E-state index in [9.17, 15) is 0 Å². The van der Waals surface area contributed by atoms with Crippen LogP contribution in [0.2, 0.25) is 0 Å². The number of halogens is 1. The fourth-order valence-electron chi connectivity index (χ4n) is 1.74. The molecular weight excluding hydrogens is 258 g/mol. The highest BCUT2D eigenvalue weighted by molar-refractivity contribution is 9.10. The van der Waals surface area contributed by atoms with Crippen molar-refractivity contribution in [1.29, 1.82) is 0 Å². The average molecular weight is 272 g/mol. The van der Waals surface area contributed by atoms with E-state index in [0.717, 1.165) is 29.8 Å². The Kier molecular flexibility index (Phi) is 3.53. The first-order valence-corrected chi connectivity index (χ1v) is 5.86. The van der Waals surface area contributed by atoms with Crippen LogP contribution in [0.5, 0.6) is 6.01 Å². The molecule has 0 aromatic carbocycles. The van der Waals surface area contributed by atoms with Crippen LogP contribution >= 0.6 is 15.9 Å². The highest BCUT2D eigenvalue weighted by Crippen LogP contribution is 2.29. The number of hydrogen-bond acceptors (Lipinski definition) is 4. The molecule has 1 aromatic heterocycles. The summed E-state index contributed by atoms with van der Waals surface area (Å²) < 4.78 is 6.48. The second-order valence-electron chi connectivity index (χ2n) is 3.82. The molecule has 0 unspecified atom stereocenters. The topological polar surface area (TPSA) is 47.0 Å². The van der Waals surface area contributed by atoms with E-state index in [1.807, 2.05) is 7.05 Å². The van der Waals surface area contributed by atoms with Gasteiger partial charge in [-0.3, -0.25) is 0 Å². The molecule has 0 saturated heterocycles. The summed E-state index contributed by atoms with van der Waals surface area (Å²) in [5.41, 5.74) is 0. The molecule has 82 valence electrons. The molecule has 15 heavy (non-hydrogen) atoms. The third-order valence-electron chi connectivity index (χ3n) is 2.55. The Morgan fingerprint density at radius 1 is 1.47 bits per heavy atom. The van der Waals surface area contributed by atoms with Crippen LogP contribution in [0.4, 0.5) is 0 Å². The molecule has 0 bridgehead atoms. The fraction of sp³-hybridized carbons (Fsp3) is 0.600. The van der Waals surface area contributed by atoms with Crippen molar-refractivity contribution < 1.29 is 4.74 Å². The molecule has 4 nitrogen and oxygen atoms in total. The number of nitrogens with one attached hydrogen (secondary N) is 1. The summed E-state index contributed by atoms with van der Waals surface area (Å²) in [6.07, 6.45) is 5.89. The van der Waals surface area contributed by atoms with Gasteiger partial charge in [0.15, 0.2) is 0 Å². The molecule has 0 spiro atoms. The molecule has 1 N–H and O–H groups in total. The first-order valence-electron chi connectivity index (χ1n) is 5.06. The van der Waals surface area contributed by atoms with Crippen LogP contribution in [0, 0.1) is 5.92 Å². The molecule has 1 aliphatic rings. The minimum atomic E-state index is 0.296. The third kappa shape index (κ3) is 2.89. The van der Waals surface area contributed by atoms with Crippen molar-refractivity contribution in [1.82, 2.24) is 15.3 Å². The Morgan fingerprint density at radius 3 is 2.73 bits per heavy atom. The number of ether oxygens (including phenoxy) is 1. The Morgan fingerprint density at radius 2 is 2.13 bits per heavy atom. The van der Waals surface area contributed by atoms with Crippen LogP contribution in [-0.2, 0) is 0 Å². The quantitative estimate of drug-likeness (QED) is 0.904. The molecule has 0 radical (unpaired) electrons. The van der Waals surface area contributed by atoms with Crippen LogP contribution in [0.3, 0.4) is 0 Å². The summed E-state index contributed by atoms with van der Waals surface area (Å²) in [5, 5.41) is 3.17. The molecule has 1 saturated carbocycles. The van der Waals surface area contributed by atoms with E-state index in [1.165, 1.54) is 0 Å². The van der Waals surface area contributed by atoms with Gasteiger partial charge in [-0.2, -0.15) is 0 Å². The maximum absolute atomic E-state index is 5.61. The SMILES string of the molecule is CNCC1CC(Oc2ncc(Br)cn2)C1. The lowest BCUT2D eigenvalue weighted by Crippen LogP contribution is -2.38. The predicted octanol–water partition coefficient (Wildman–Crippen LogP) is 1.62. The minimum absolute atomic E-state index is 0.296. The number of rotatable bonds is 4. The van der Waals surface area contributed by atoms with E-state index < -0.39 is 0 Å². The molecule has 1 fully saturated rings. The Hall–Kier alpha value is -0.680. The van der Waals surface area contributed by atoms with Gasteiger partial charge in [-0.15, -0.1) is 0 Å². The van der Waals surface area contributed by atoms with Crippen LogP contribution in [0.25, 0.3) is 0 Å². The number of hydrogen-bond donors (Lipinski definition) is 1. The zero-order valence-electron chi connectivity index (χ0n) is 8.61. The average Bonchev–Trinajstić information content (AvgIpc) is 2.18. The van der Waals surface area contributed by atoms with Gasteiger partial charge in [0.2, 0.25) is 0 Å². The molecule has 1 aromatic rings. The lowest BCUT2D eigenvalue weighted by molar-refractivity contribution is 0.0572. The van der Waals surface area contributed by atoms with Crippen molar-refractivity contribution in [3.63, 3.8) is 0 Å². The standard InChI is InChI=1S/C10H14BrN3O/c1-12-4-7-2-9(3-7)15-10-13-5-8(11)6-14-10/h5-7,9,12H,2-4H2,1H3. The summed E-state index contributed by atoms with van der Waals surface area (Å²) in [4.78, 5) is 8.15. The van der Waals surface area contributed by atoms with E-state index >= 15 is 0 Å². The fourth-order valence-corrected chi connectivity index (χ4v) is 1.94. The van der Waals surface area contributed by atoms with Crippen LogP contribution in [0.1, 0.15) is 12.8 Å². The lowest BCUT2D eigenvalue weighted by Gasteiger charge is -2.34. The van der Waals surface area contributed by atoms with Gasteiger partial charge in [0.05, 0.1) is 4.47 Å². The molecule has 1 heterocycles. The third-order valence-corrected chi connectivity index (χ3v) is 2.96. The molecule has 2 rings (SSSR count). The van der Waals surface area contributed by atoms with Crippen molar-refractivity contribution in [2.75, 3.05) is 13.6 Å². The van der Waals surface area contributed by atoms with Gasteiger partial charge in [-0.1, -0.05) is 0 Å². The monoisotopic (exact) mass is 271 g/mol. The molecular formula is C10H14BrN3O. The smallest absolute Gasteiger partial charge is 0.316 e. The summed E-state index contributed by atoms with van der Waals surface area (Å²) in [7, 11) is 1.98. The van der Waals surface area contributed by atoms with E-state index in [4.69, 9.17) is 4.74 Å². The summed E-state index contributed by atoms with van der Waals surface area (Å²) >= 11 is 3.28. The second kappa shape index (κ2) is 4.90. The van der Waals surface area contributed by atoms with Crippen molar-refractivity contribution in [2.24, 2.45) is 5.92 Å². The number of aromatic nitrogens is 2. The molecule has 0 amide bonds. The van der Waals surface area contributed by atoms with Gasteiger partial charge in [0.25, 0.3) is 0 Å². The van der Waals surface area contributed by atoms with Gasteiger partial charge >= 0.3 is 6.01 Å². The second-order valence-corrected chi connectivity index (χ2v) is 4.73. The van der Waals surface area contributed by atoms with Crippen molar-refractivity contribution >= 4 is 15.9 Å². The van der Waals surface area contributed by atoms with Gasteiger partial charge in [0, 0.05) is 12.4 Å². The minimum Gasteiger partial charge on any atom is -0.460 e. The summed E-state index contributed by atoms with van der Waals surface area (Å²) in [5.74, 6) is 0.746. The zero-order valence-corrected chi connectivity index (χ0v) is 10.2. The molecule has 1 aliphatic carbocycles. The first-order chi connectivity index (χ1) is 7.28. The normalized spacial score (nSPS) is 24.7. The van der Waals surface area contributed by atoms with Crippen LogP contribution in [-0.4, -0.2) is 29.7 Å². The summed E-state index contributed by atoms with van der Waals surface area (Å²) in [6, 6.07) is 0.478. The Balaban J connectivity index is 1.77. The van der Waals surface area contributed by atoms with E-state index in [2.05, 4.69) is 31.2 Å². The molecule has 5 heteroatoms. The highest BCUT2D eigenvalue weighted by Gasteiger charge is 2.30. The highest BCUT2D eigenvalue weighted by atomic mass is 79.9. The first kappa shape index (κ1) is 10.8. The van der Waals surface area contributed by atoms with Crippen LogP contribution in [0.15, 0.2) is 16.9 Å². The Bertz CT molecular complexity index is 311. The summed E-state index contributed by atoms with van der Waals surface area (Å²) in [6.45, 7) is 1.07. The molecule has 0 aliphatic heterocycles. The van der Waals surface area contributed by atoms with Gasteiger partial charge in [-0.05, 0) is 48.3 Å². The number of nitrogens with zero attached hydrogens (tertiary/aromatic N) is 2. The van der Waals surface area contributed by atoms with Crippen molar-refractivity contribution in [3.8, 4) is 6.01 Å². The predicted molar refractivity (Wildman–Crippen MR) is 60.8 cm³/mol. The maximum atomic E-state index is 5.61. The van der Waals surface area contributed by atoms with Crippen molar-refractivity contribution in [3.05, 3.63) is 16.9 Å². The Labute approximate surface area is 97.6 Å². The lowest BCUT2D eigenvalue weighted by atomic mass is 9.82. The van der Waals surface area contributed by atoms with Crippen LogP contribution < -0.4 is 10.1 Å². The van der Waals surface area contributed by atoms with Gasteiger partial charge in [-0.25, -0.2) is 9.97 Å². The van der Waals surface area contributed by atoms with E-state index in [0.29, 0.717) is 12.1 Å². The van der Waals surface area contributed by atoms with E-state index in [-0.39, 0.29) is 0 Å². The van der Waals surface area contributed by atoms with Gasteiger partial charge < -0.3 is 10.1 Å². The van der Waals surface area contributed by atoms with Gasteiger partial charge in [0.1, 0.15) is 6.10 Å². The van der Waals surface area contributed by atoms with E-state index in [1.54, 1.807) is 12.4 Å². The largest absolute Gasteiger partial charge is 0.460 e. The van der Waals surface area contributed by atoms with Crippen molar-refractivity contribution in [2.45, 2.75) is 18.9 Å². The maximum Gasteiger partial charge on any atom is 0.316 e.